The number of anilines is 1. The van der Waals surface area contributed by atoms with E-state index in [1.807, 2.05) is 0 Å². The van der Waals surface area contributed by atoms with Crippen molar-refractivity contribution in [2.24, 2.45) is 15.3 Å². The standard InChI is InChI=1S/C27H20Cl2N6O6/c1-40-20-11-12-23(28)21(13-20)22-14-26(41-2)25(15-24(22)29)31-33-27(16-3-7-18(8-4-16)34(36)37)32-30-17-5-9-19(10-6-17)35(38)39/h3-15,30H,1-2H3/b32-27-,33-31?. The number of methoxy groups -OCH3 is 2. The van der Waals surface area contributed by atoms with Crippen LogP contribution in [0.5, 0.6) is 11.5 Å². The molecule has 0 aliphatic heterocycles. The maximum Gasteiger partial charge on any atom is 0.269 e. The molecule has 0 saturated carbocycles. The van der Waals surface area contributed by atoms with Crippen molar-refractivity contribution in [1.82, 2.24) is 0 Å². The number of amidine groups is 1. The van der Waals surface area contributed by atoms with Gasteiger partial charge in [-0.1, -0.05) is 23.2 Å². The molecule has 0 radical (unpaired) electrons. The van der Waals surface area contributed by atoms with Crippen LogP contribution in [0, 0.1) is 20.2 Å². The lowest BCUT2D eigenvalue weighted by atomic mass is 10.0. The van der Waals surface area contributed by atoms with Crippen LogP contribution in [0.25, 0.3) is 11.1 Å². The molecule has 41 heavy (non-hydrogen) atoms. The summed E-state index contributed by atoms with van der Waals surface area (Å²) in [6, 6.07) is 19.5. The number of hydrazone groups is 1. The van der Waals surface area contributed by atoms with E-state index in [4.69, 9.17) is 32.7 Å². The van der Waals surface area contributed by atoms with Crippen molar-refractivity contribution in [3.05, 3.63) is 115 Å². The van der Waals surface area contributed by atoms with Crippen LogP contribution in [0.4, 0.5) is 22.7 Å². The third kappa shape index (κ3) is 6.93. The maximum absolute atomic E-state index is 11.1. The van der Waals surface area contributed by atoms with Gasteiger partial charge in [0.05, 0.1) is 34.8 Å². The zero-order valence-electron chi connectivity index (χ0n) is 21.4. The quantitative estimate of drug-likeness (QED) is 0.0675. The SMILES string of the molecule is COc1ccc(Cl)c(-c2cc(OC)c(N=N/C(=N\Nc3ccc([N+](=O)[O-])cc3)c3ccc([N+](=O)[O-])cc3)cc2Cl)c1. The minimum Gasteiger partial charge on any atom is -0.497 e. The van der Waals surface area contributed by atoms with E-state index in [0.717, 1.165) is 0 Å². The molecule has 0 aliphatic carbocycles. The Kier molecular flexibility index (Phi) is 9.07. The van der Waals surface area contributed by atoms with Gasteiger partial charge in [0.2, 0.25) is 5.84 Å². The number of nitro groups is 2. The minimum absolute atomic E-state index is 0.0522. The number of hydrogen-bond acceptors (Lipinski definition) is 9. The summed E-state index contributed by atoms with van der Waals surface area (Å²) in [5.41, 5.74) is 4.87. The first-order chi connectivity index (χ1) is 19.7. The van der Waals surface area contributed by atoms with E-state index in [0.29, 0.717) is 43.9 Å². The number of nitrogens with zero attached hydrogens (tertiary/aromatic N) is 5. The van der Waals surface area contributed by atoms with E-state index >= 15 is 0 Å². The van der Waals surface area contributed by atoms with Gasteiger partial charge in [0.1, 0.15) is 17.2 Å². The number of hydrogen-bond donors (Lipinski definition) is 1. The van der Waals surface area contributed by atoms with Crippen LogP contribution in [0.3, 0.4) is 0 Å². The van der Waals surface area contributed by atoms with Crippen LogP contribution in [0.1, 0.15) is 5.56 Å². The molecule has 12 nitrogen and oxygen atoms in total. The summed E-state index contributed by atoms with van der Waals surface area (Å²) in [6.07, 6.45) is 0. The molecule has 0 bridgehead atoms. The molecule has 4 aromatic carbocycles. The lowest BCUT2D eigenvalue weighted by Crippen LogP contribution is -2.02. The van der Waals surface area contributed by atoms with Crippen LogP contribution >= 0.6 is 23.2 Å². The van der Waals surface area contributed by atoms with Crippen molar-refractivity contribution in [3.63, 3.8) is 0 Å². The predicted molar refractivity (Wildman–Crippen MR) is 156 cm³/mol. The number of ether oxygens (including phenoxy) is 2. The van der Waals surface area contributed by atoms with E-state index in [1.54, 1.807) is 37.4 Å². The second-order valence-corrected chi connectivity index (χ2v) is 9.02. The Morgan fingerprint density at radius 1 is 0.780 bits per heavy atom. The first-order valence-electron chi connectivity index (χ1n) is 11.7. The summed E-state index contributed by atoms with van der Waals surface area (Å²) in [4.78, 5) is 21.0. The Morgan fingerprint density at radius 2 is 1.39 bits per heavy atom. The molecule has 0 fully saturated rings. The second-order valence-electron chi connectivity index (χ2n) is 8.20. The zero-order valence-corrected chi connectivity index (χ0v) is 23.0. The lowest BCUT2D eigenvalue weighted by Gasteiger charge is -2.12. The molecule has 0 spiro atoms. The summed E-state index contributed by atoms with van der Waals surface area (Å²) < 4.78 is 10.8. The molecule has 4 aromatic rings. The highest BCUT2D eigenvalue weighted by molar-refractivity contribution is 6.36. The average molecular weight is 595 g/mol. The number of non-ortho nitro benzene ring substituents is 2. The largest absolute Gasteiger partial charge is 0.497 e. The summed E-state index contributed by atoms with van der Waals surface area (Å²) >= 11 is 13.0. The molecule has 0 aliphatic rings. The fourth-order valence-corrected chi connectivity index (χ4v) is 4.06. The fraction of sp³-hybridized carbons (Fsp3) is 0.0741. The van der Waals surface area contributed by atoms with Crippen molar-refractivity contribution in [3.8, 4) is 22.6 Å². The molecule has 0 amide bonds. The first kappa shape index (κ1) is 28.9. The number of azo groups is 1. The van der Waals surface area contributed by atoms with Gasteiger partial charge >= 0.3 is 0 Å². The van der Waals surface area contributed by atoms with Gasteiger partial charge in [-0.25, -0.2) is 0 Å². The topological polar surface area (TPSA) is 154 Å². The van der Waals surface area contributed by atoms with E-state index < -0.39 is 9.85 Å². The zero-order chi connectivity index (χ0) is 29.5. The maximum atomic E-state index is 11.1. The Morgan fingerprint density at radius 3 is 1.98 bits per heavy atom. The average Bonchev–Trinajstić information content (AvgIpc) is 2.98. The van der Waals surface area contributed by atoms with Gasteiger partial charge in [-0.2, -0.15) is 5.10 Å². The fourth-order valence-electron chi connectivity index (χ4n) is 3.58. The second kappa shape index (κ2) is 12.9. The van der Waals surface area contributed by atoms with Gasteiger partial charge < -0.3 is 9.47 Å². The third-order valence-corrected chi connectivity index (χ3v) is 6.33. The predicted octanol–water partition coefficient (Wildman–Crippen LogP) is 8.05. The van der Waals surface area contributed by atoms with E-state index in [9.17, 15) is 20.2 Å². The molecule has 0 heterocycles. The molecule has 1 N–H and O–H groups in total. The number of halogens is 2. The van der Waals surface area contributed by atoms with Crippen LogP contribution in [-0.2, 0) is 0 Å². The molecule has 0 saturated heterocycles. The summed E-state index contributed by atoms with van der Waals surface area (Å²) in [5.74, 6) is 0.974. The number of nitrogens with one attached hydrogen (secondary N) is 1. The van der Waals surface area contributed by atoms with Crippen molar-refractivity contribution >= 4 is 51.8 Å². The molecule has 14 heteroatoms. The van der Waals surface area contributed by atoms with Gasteiger partial charge in [-0.15, -0.1) is 10.2 Å². The Balaban J connectivity index is 1.72. The van der Waals surface area contributed by atoms with Crippen molar-refractivity contribution in [2.45, 2.75) is 0 Å². The van der Waals surface area contributed by atoms with Crippen molar-refractivity contribution in [1.29, 1.82) is 0 Å². The normalized spacial score (nSPS) is 11.4. The number of nitro benzene ring substituents is 2. The lowest BCUT2D eigenvalue weighted by molar-refractivity contribution is -0.385. The smallest absolute Gasteiger partial charge is 0.269 e. The summed E-state index contributed by atoms with van der Waals surface area (Å²) in [7, 11) is 3.00. The first-order valence-corrected chi connectivity index (χ1v) is 12.4. The summed E-state index contributed by atoms with van der Waals surface area (Å²) in [5, 5.41) is 35.6. The third-order valence-electron chi connectivity index (χ3n) is 5.69. The number of rotatable bonds is 9. The van der Waals surface area contributed by atoms with Gasteiger partial charge in [-0.3, -0.25) is 25.7 Å². The van der Waals surface area contributed by atoms with Gasteiger partial charge in [0, 0.05) is 46.0 Å². The van der Waals surface area contributed by atoms with Crippen LogP contribution < -0.4 is 14.9 Å². The molecular weight excluding hydrogens is 575 g/mol. The Labute approximate surface area is 243 Å². The molecule has 208 valence electrons. The number of benzene rings is 4. The van der Waals surface area contributed by atoms with E-state index in [1.165, 1.54) is 55.6 Å². The molecule has 4 rings (SSSR count). The molecule has 0 atom stereocenters. The highest BCUT2D eigenvalue weighted by atomic mass is 35.5. The molecule has 0 unspecified atom stereocenters. The minimum atomic E-state index is -0.528. The van der Waals surface area contributed by atoms with Gasteiger partial charge in [-0.05, 0) is 54.6 Å². The van der Waals surface area contributed by atoms with Crippen LogP contribution in [0.15, 0.2) is 94.2 Å². The summed E-state index contributed by atoms with van der Waals surface area (Å²) in [6.45, 7) is 0. The van der Waals surface area contributed by atoms with Gasteiger partial charge in [0.25, 0.3) is 11.4 Å². The molecule has 0 aromatic heterocycles. The van der Waals surface area contributed by atoms with Crippen molar-refractivity contribution in [2.75, 3.05) is 19.6 Å². The highest BCUT2D eigenvalue weighted by Crippen LogP contribution is 2.42. The van der Waals surface area contributed by atoms with Crippen molar-refractivity contribution < 1.29 is 19.3 Å². The van der Waals surface area contributed by atoms with E-state index in [-0.39, 0.29) is 22.9 Å². The Bertz CT molecular complexity index is 1660. The molecular formula is C27H20Cl2N6O6. The van der Waals surface area contributed by atoms with Gasteiger partial charge in [0.15, 0.2) is 0 Å². The monoisotopic (exact) mass is 594 g/mol. The van der Waals surface area contributed by atoms with Crippen LogP contribution in [0.2, 0.25) is 10.0 Å². The van der Waals surface area contributed by atoms with E-state index in [2.05, 4.69) is 20.8 Å². The Hall–Kier alpha value is -5.07. The van der Waals surface area contributed by atoms with Crippen LogP contribution in [-0.4, -0.2) is 29.9 Å². The highest BCUT2D eigenvalue weighted by Gasteiger charge is 2.15.